The molecule has 0 spiro atoms. The first-order chi connectivity index (χ1) is 15.8. The number of pyridine rings is 1. The maximum absolute atomic E-state index is 13.5. The lowest BCUT2D eigenvalue weighted by Crippen LogP contribution is -2.06. The normalized spacial score (nSPS) is 13.0. The van der Waals surface area contributed by atoms with Crippen LogP contribution in [0.1, 0.15) is 71.6 Å². The number of hydrogen-bond acceptors (Lipinski definition) is 6. The Morgan fingerprint density at radius 3 is 2.45 bits per heavy atom. The SMILES string of the molecule is C=C(O)n1c(C2CC2)nc2c(C(=O)c3cccc(C)n3)cc(-c3c(C)noc3C)cc21.CC. The zero-order valence-electron chi connectivity index (χ0n) is 19.6. The molecule has 170 valence electrons. The van der Waals surface area contributed by atoms with E-state index in [1.807, 2.05) is 58.9 Å². The van der Waals surface area contributed by atoms with Crippen LogP contribution in [0.3, 0.4) is 0 Å². The lowest BCUT2D eigenvalue weighted by Gasteiger charge is -2.09. The smallest absolute Gasteiger partial charge is 0.213 e. The number of ketones is 1. The van der Waals surface area contributed by atoms with Gasteiger partial charge in [0.15, 0.2) is 5.88 Å². The number of imidazole rings is 1. The van der Waals surface area contributed by atoms with Crippen LogP contribution < -0.4 is 0 Å². The molecule has 0 unspecified atom stereocenters. The summed E-state index contributed by atoms with van der Waals surface area (Å²) in [6, 6.07) is 9.09. The molecule has 1 aliphatic carbocycles. The fourth-order valence-electron chi connectivity index (χ4n) is 4.10. The molecule has 5 rings (SSSR count). The van der Waals surface area contributed by atoms with Crippen molar-refractivity contribution in [3.05, 3.63) is 71.1 Å². The molecule has 0 saturated heterocycles. The van der Waals surface area contributed by atoms with Crippen LogP contribution in [0, 0.1) is 20.8 Å². The molecule has 1 aromatic carbocycles. The van der Waals surface area contributed by atoms with Crippen molar-refractivity contribution in [1.82, 2.24) is 19.7 Å². The van der Waals surface area contributed by atoms with E-state index in [0.29, 0.717) is 28.1 Å². The second-order valence-electron chi connectivity index (χ2n) is 8.08. The van der Waals surface area contributed by atoms with Gasteiger partial charge < -0.3 is 9.63 Å². The van der Waals surface area contributed by atoms with Crippen molar-refractivity contribution >= 4 is 22.7 Å². The summed E-state index contributed by atoms with van der Waals surface area (Å²) in [5.74, 6) is 1.29. The number of aliphatic hydroxyl groups is 1. The van der Waals surface area contributed by atoms with Crippen molar-refractivity contribution in [2.24, 2.45) is 0 Å². The first-order valence-electron chi connectivity index (χ1n) is 11.2. The molecule has 1 aliphatic rings. The van der Waals surface area contributed by atoms with Crippen molar-refractivity contribution in [3.8, 4) is 11.1 Å². The number of carbonyl (C=O) groups is 1. The molecule has 0 atom stereocenters. The summed E-state index contributed by atoms with van der Waals surface area (Å²) in [5, 5.41) is 14.4. The fraction of sp³-hybridized carbons (Fsp3) is 0.308. The number of rotatable bonds is 5. The number of nitrogens with zero attached hydrogens (tertiary/aromatic N) is 4. The number of fused-ring (bicyclic) bond motifs is 1. The molecule has 4 aromatic rings. The summed E-state index contributed by atoms with van der Waals surface area (Å²) in [4.78, 5) is 22.7. The third kappa shape index (κ3) is 3.95. The average Bonchev–Trinajstić information content (AvgIpc) is 3.49. The van der Waals surface area contributed by atoms with E-state index < -0.39 is 0 Å². The van der Waals surface area contributed by atoms with Crippen LogP contribution in [0.5, 0.6) is 0 Å². The van der Waals surface area contributed by atoms with E-state index in [2.05, 4.69) is 16.7 Å². The van der Waals surface area contributed by atoms with E-state index in [1.165, 1.54) is 0 Å². The van der Waals surface area contributed by atoms with Crippen molar-refractivity contribution in [2.75, 3.05) is 0 Å². The van der Waals surface area contributed by atoms with E-state index in [9.17, 15) is 9.90 Å². The molecule has 3 aromatic heterocycles. The average molecular weight is 445 g/mol. The van der Waals surface area contributed by atoms with E-state index in [-0.39, 0.29) is 17.6 Å². The molecular weight excluding hydrogens is 416 g/mol. The van der Waals surface area contributed by atoms with Crippen LogP contribution in [-0.4, -0.2) is 30.6 Å². The Bertz CT molecular complexity index is 1360. The molecule has 0 bridgehead atoms. The van der Waals surface area contributed by atoms with E-state index in [4.69, 9.17) is 9.51 Å². The summed E-state index contributed by atoms with van der Waals surface area (Å²) >= 11 is 0. The van der Waals surface area contributed by atoms with Gasteiger partial charge in [-0.1, -0.05) is 25.1 Å². The van der Waals surface area contributed by atoms with Crippen molar-refractivity contribution in [2.45, 2.75) is 53.4 Å². The summed E-state index contributed by atoms with van der Waals surface area (Å²) in [5.41, 5.74) is 5.00. The minimum absolute atomic E-state index is 0.118. The van der Waals surface area contributed by atoms with Gasteiger partial charge in [0.1, 0.15) is 22.8 Å². The Morgan fingerprint density at radius 2 is 1.88 bits per heavy atom. The quantitative estimate of drug-likeness (QED) is 0.294. The first kappa shape index (κ1) is 22.5. The van der Waals surface area contributed by atoms with Crippen molar-refractivity contribution in [3.63, 3.8) is 0 Å². The molecule has 1 saturated carbocycles. The molecular formula is C26H28N4O3. The number of hydrogen-bond donors (Lipinski definition) is 1. The summed E-state index contributed by atoms with van der Waals surface area (Å²) in [7, 11) is 0. The summed E-state index contributed by atoms with van der Waals surface area (Å²) < 4.78 is 7.00. The first-order valence-corrected chi connectivity index (χ1v) is 11.2. The Balaban J connectivity index is 0.00000126. The largest absolute Gasteiger partial charge is 0.495 e. The third-order valence-electron chi connectivity index (χ3n) is 5.67. The van der Waals surface area contributed by atoms with Crippen LogP contribution in [0.15, 0.2) is 41.4 Å². The third-order valence-corrected chi connectivity index (χ3v) is 5.67. The zero-order valence-corrected chi connectivity index (χ0v) is 19.6. The molecule has 7 heteroatoms. The minimum Gasteiger partial charge on any atom is -0.495 e. The van der Waals surface area contributed by atoms with Crippen LogP contribution in [0.25, 0.3) is 28.0 Å². The van der Waals surface area contributed by atoms with Crippen molar-refractivity contribution < 1.29 is 14.4 Å². The highest BCUT2D eigenvalue weighted by molar-refractivity contribution is 6.15. The van der Waals surface area contributed by atoms with Gasteiger partial charge in [-0.3, -0.25) is 9.36 Å². The van der Waals surface area contributed by atoms with Gasteiger partial charge in [-0.15, -0.1) is 0 Å². The fourth-order valence-corrected chi connectivity index (χ4v) is 4.10. The highest BCUT2D eigenvalue weighted by atomic mass is 16.5. The summed E-state index contributed by atoms with van der Waals surface area (Å²) in [6.07, 6.45) is 1.99. The highest BCUT2D eigenvalue weighted by Crippen LogP contribution is 2.43. The Morgan fingerprint density at radius 1 is 1.15 bits per heavy atom. The molecule has 33 heavy (non-hydrogen) atoms. The molecule has 3 heterocycles. The van der Waals surface area contributed by atoms with Crippen LogP contribution in [0.4, 0.5) is 0 Å². The lowest BCUT2D eigenvalue weighted by atomic mass is 9.97. The standard InChI is InChI=1S/C24H22N4O3.C2H6/c1-12-6-5-7-19(25-12)23(30)18-10-17(21-13(2)27-31-14(21)3)11-20-22(18)26-24(16-8-9-16)28(20)15(4)29;1-2/h5-7,10-11,16,29H,4,8-9H2,1-3H3;1-2H3. The number of carbonyl (C=O) groups excluding carboxylic acids is 1. The van der Waals surface area contributed by atoms with Gasteiger partial charge in [0, 0.05) is 17.2 Å². The van der Waals surface area contributed by atoms with Crippen molar-refractivity contribution in [1.29, 1.82) is 0 Å². The second kappa shape index (κ2) is 8.65. The lowest BCUT2D eigenvalue weighted by molar-refractivity contribution is 0.103. The van der Waals surface area contributed by atoms with E-state index in [0.717, 1.165) is 41.2 Å². The number of aromatic nitrogens is 4. The number of aliphatic hydroxyl groups excluding tert-OH is 1. The number of aryl methyl sites for hydroxylation is 3. The molecule has 0 radical (unpaired) electrons. The molecule has 1 N–H and O–H groups in total. The van der Waals surface area contributed by atoms with Gasteiger partial charge in [0.2, 0.25) is 5.78 Å². The van der Waals surface area contributed by atoms with E-state index >= 15 is 0 Å². The van der Waals surface area contributed by atoms with Crippen LogP contribution >= 0.6 is 0 Å². The zero-order chi connectivity index (χ0) is 23.9. The maximum Gasteiger partial charge on any atom is 0.213 e. The summed E-state index contributed by atoms with van der Waals surface area (Å²) in [6.45, 7) is 13.3. The van der Waals surface area contributed by atoms with Crippen LogP contribution in [0.2, 0.25) is 0 Å². The van der Waals surface area contributed by atoms with Crippen LogP contribution in [-0.2, 0) is 0 Å². The molecule has 0 aliphatic heterocycles. The maximum atomic E-state index is 13.5. The van der Waals surface area contributed by atoms with Gasteiger partial charge in [0.05, 0.1) is 16.8 Å². The Labute approximate surface area is 192 Å². The predicted octanol–water partition coefficient (Wildman–Crippen LogP) is 6.13. The second-order valence-corrected chi connectivity index (χ2v) is 8.08. The van der Waals surface area contributed by atoms with Gasteiger partial charge >= 0.3 is 0 Å². The van der Waals surface area contributed by atoms with Gasteiger partial charge in [-0.05, 0) is 70.0 Å². The highest BCUT2D eigenvalue weighted by Gasteiger charge is 2.32. The predicted molar refractivity (Wildman–Crippen MR) is 128 cm³/mol. The minimum atomic E-state index is -0.224. The Kier molecular flexibility index (Phi) is 5.89. The van der Waals surface area contributed by atoms with E-state index in [1.54, 1.807) is 10.6 Å². The monoisotopic (exact) mass is 444 g/mol. The topological polar surface area (TPSA) is 94.0 Å². The van der Waals surface area contributed by atoms with Gasteiger partial charge in [0.25, 0.3) is 0 Å². The Hall–Kier alpha value is -3.74. The van der Waals surface area contributed by atoms with Gasteiger partial charge in [-0.25, -0.2) is 9.97 Å². The van der Waals surface area contributed by atoms with Gasteiger partial charge in [-0.2, -0.15) is 0 Å². The molecule has 7 nitrogen and oxygen atoms in total. The number of benzene rings is 1. The molecule has 1 fully saturated rings. The molecule has 0 amide bonds.